The molecule has 3 heteroatoms. The molecular weight excluding hydrogens is 250 g/mol. The van der Waals surface area contributed by atoms with Crippen molar-refractivity contribution >= 4 is 0 Å². The number of rotatable bonds is 2. The number of aliphatic hydroxyl groups excluding tert-OH is 1. The van der Waals surface area contributed by atoms with Gasteiger partial charge in [-0.3, -0.25) is 4.90 Å². The van der Waals surface area contributed by atoms with E-state index in [-0.39, 0.29) is 6.04 Å². The summed E-state index contributed by atoms with van der Waals surface area (Å²) in [5.74, 6) is 0.920. The Balaban J connectivity index is 1.87. The topological polar surface area (TPSA) is 32.7 Å². The van der Waals surface area contributed by atoms with Gasteiger partial charge in [-0.15, -0.1) is 0 Å². The third-order valence-electron chi connectivity index (χ3n) is 4.87. The molecule has 1 saturated heterocycles. The molecule has 0 aliphatic carbocycles. The van der Waals surface area contributed by atoms with E-state index >= 15 is 0 Å². The summed E-state index contributed by atoms with van der Waals surface area (Å²) >= 11 is 0. The summed E-state index contributed by atoms with van der Waals surface area (Å²) in [6.45, 7) is 6.08. The van der Waals surface area contributed by atoms with E-state index in [9.17, 15) is 5.11 Å². The largest absolute Gasteiger partial charge is 0.491 e. The average Bonchev–Trinajstić information content (AvgIpc) is 2.48. The van der Waals surface area contributed by atoms with E-state index in [1.165, 1.54) is 24.8 Å². The molecule has 2 heterocycles. The van der Waals surface area contributed by atoms with Crippen LogP contribution in [0, 0.1) is 0 Å². The summed E-state index contributed by atoms with van der Waals surface area (Å²) in [5.41, 5.74) is 2.17. The van der Waals surface area contributed by atoms with Crippen molar-refractivity contribution in [1.82, 2.24) is 4.90 Å². The number of hydrogen-bond donors (Lipinski definition) is 1. The van der Waals surface area contributed by atoms with Crippen molar-refractivity contribution in [3.05, 3.63) is 29.3 Å². The van der Waals surface area contributed by atoms with Gasteiger partial charge in [0.25, 0.3) is 0 Å². The fourth-order valence-electron chi connectivity index (χ4n) is 3.65. The van der Waals surface area contributed by atoms with Gasteiger partial charge < -0.3 is 9.84 Å². The molecule has 1 aromatic carbocycles. The number of fused-ring (bicyclic) bond motifs is 1. The van der Waals surface area contributed by atoms with Crippen LogP contribution in [0.15, 0.2) is 18.2 Å². The van der Waals surface area contributed by atoms with Gasteiger partial charge in [0.15, 0.2) is 0 Å². The highest BCUT2D eigenvalue weighted by atomic mass is 16.5. The van der Waals surface area contributed by atoms with E-state index in [4.69, 9.17) is 4.74 Å². The number of benzene rings is 1. The van der Waals surface area contributed by atoms with Gasteiger partial charge in [-0.25, -0.2) is 0 Å². The lowest BCUT2D eigenvalue weighted by atomic mass is 9.92. The van der Waals surface area contributed by atoms with Gasteiger partial charge in [0.1, 0.15) is 18.5 Å². The Labute approximate surface area is 121 Å². The Morgan fingerprint density at radius 2 is 2.20 bits per heavy atom. The fraction of sp³-hybridized carbons (Fsp3) is 0.647. The number of nitrogens with zero attached hydrogens (tertiary/aromatic N) is 1. The number of likely N-dealkylation sites (tertiary alicyclic amines) is 1. The molecule has 1 aromatic rings. The van der Waals surface area contributed by atoms with E-state index in [1.807, 2.05) is 12.1 Å². The fourth-order valence-corrected chi connectivity index (χ4v) is 3.65. The molecule has 0 aromatic heterocycles. The molecule has 0 radical (unpaired) electrons. The van der Waals surface area contributed by atoms with Gasteiger partial charge in [-0.2, -0.15) is 0 Å². The second-order valence-electron chi connectivity index (χ2n) is 6.09. The lowest BCUT2D eigenvalue weighted by Gasteiger charge is -2.44. The van der Waals surface area contributed by atoms with Gasteiger partial charge in [-0.05, 0) is 38.3 Å². The Morgan fingerprint density at radius 3 is 2.95 bits per heavy atom. The van der Waals surface area contributed by atoms with Crippen molar-refractivity contribution in [1.29, 1.82) is 0 Å². The Morgan fingerprint density at radius 1 is 1.35 bits per heavy atom. The highest BCUT2D eigenvalue weighted by Crippen LogP contribution is 2.38. The molecular formula is C17H25NO2. The monoisotopic (exact) mass is 275 g/mol. The Bertz CT molecular complexity index is 474. The maximum Gasteiger partial charge on any atom is 0.128 e. The van der Waals surface area contributed by atoms with E-state index < -0.39 is 6.10 Å². The second-order valence-corrected chi connectivity index (χ2v) is 6.09. The van der Waals surface area contributed by atoms with Gasteiger partial charge in [-0.1, -0.05) is 31.5 Å². The molecule has 0 spiro atoms. The van der Waals surface area contributed by atoms with Crippen LogP contribution in [0.5, 0.6) is 5.75 Å². The van der Waals surface area contributed by atoms with Crippen LogP contribution in [0.3, 0.4) is 0 Å². The quantitative estimate of drug-likeness (QED) is 0.901. The standard InChI is InChI=1S/C17H25NO2/c1-3-13-8-6-9-14-16(19)15(11-20-17(13)14)18-10-5-4-7-12(18)2/h6,8-9,12,15-16,19H,3-5,7,10-11H2,1-2H3. The number of aryl methyl sites for hydroxylation is 1. The van der Waals surface area contributed by atoms with E-state index in [2.05, 4.69) is 24.8 Å². The molecule has 0 bridgehead atoms. The maximum atomic E-state index is 10.8. The number of piperidine rings is 1. The zero-order valence-corrected chi connectivity index (χ0v) is 12.5. The first-order valence-electron chi connectivity index (χ1n) is 7.90. The van der Waals surface area contributed by atoms with Crippen molar-refractivity contribution in [2.24, 2.45) is 0 Å². The van der Waals surface area contributed by atoms with E-state index in [0.29, 0.717) is 12.6 Å². The van der Waals surface area contributed by atoms with Crippen molar-refractivity contribution < 1.29 is 9.84 Å². The summed E-state index contributed by atoms with van der Waals surface area (Å²) in [6.07, 6.45) is 4.28. The summed E-state index contributed by atoms with van der Waals surface area (Å²) in [7, 11) is 0. The Hall–Kier alpha value is -1.06. The average molecular weight is 275 g/mol. The predicted molar refractivity (Wildman–Crippen MR) is 80.1 cm³/mol. The molecule has 3 unspecified atom stereocenters. The van der Waals surface area contributed by atoms with Crippen molar-refractivity contribution in [2.45, 2.75) is 57.7 Å². The Kier molecular flexibility index (Phi) is 3.99. The van der Waals surface area contributed by atoms with Crippen LogP contribution in [-0.2, 0) is 6.42 Å². The molecule has 0 saturated carbocycles. The SMILES string of the molecule is CCc1cccc2c1OCC(N1CCCCC1C)C2O. The van der Waals surface area contributed by atoms with Crippen LogP contribution in [0.2, 0.25) is 0 Å². The summed E-state index contributed by atoms with van der Waals surface area (Å²) in [5, 5.41) is 10.8. The summed E-state index contributed by atoms with van der Waals surface area (Å²) in [4.78, 5) is 2.44. The molecule has 2 aliphatic heterocycles. The van der Waals surface area contributed by atoms with Crippen LogP contribution >= 0.6 is 0 Å². The van der Waals surface area contributed by atoms with Crippen LogP contribution in [0.1, 0.15) is 50.3 Å². The zero-order chi connectivity index (χ0) is 14.1. The van der Waals surface area contributed by atoms with Crippen LogP contribution in [0.25, 0.3) is 0 Å². The minimum Gasteiger partial charge on any atom is -0.491 e. The van der Waals surface area contributed by atoms with Gasteiger partial charge in [0, 0.05) is 11.6 Å². The molecule has 3 rings (SSSR count). The minimum absolute atomic E-state index is 0.102. The molecule has 2 aliphatic rings. The smallest absolute Gasteiger partial charge is 0.128 e. The van der Waals surface area contributed by atoms with Crippen LogP contribution in [-0.4, -0.2) is 35.2 Å². The lowest BCUT2D eigenvalue weighted by Crippen LogP contribution is -2.51. The number of hydrogen-bond acceptors (Lipinski definition) is 3. The molecule has 3 atom stereocenters. The van der Waals surface area contributed by atoms with Gasteiger partial charge in [0.05, 0.1) is 6.04 Å². The third kappa shape index (κ3) is 2.33. The van der Waals surface area contributed by atoms with Crippen molar-refractivity contribution in [2.75, 3.05) is 13.2 Å². The molecule has 1 N–H and O–H groups in total. The van der Waals surface area contributed by atoms with Gasteiger partial charge in [0.2, 0.25) is 0 Å². The first-order chi connectivity index (χ1) is 9.72. The highest BCUT2D eigenvalue weighted by Gasteiger charge is 2.37. The molecule has 20 heavy (non-hydrogen) atoms. The molecule has 1 fully saturated rings. The highest BCUT2D eigenvalue weighted by molar-refractivity contribution is 5.44. The molecule has 110 valence electrons. The van der Waals surface area contributed by atoms with Gasteiger partial charge >= 0.3 is 0 Å². The summed E-state index contributed by atoms with van der Waals surface area (Å²) in [6, 6.07) is 6.79. The van der Waals surface area contributed by atoms with E-state index in [0.717, 1.165) is 24.3 Å². The van der Waals surface area contributed by atoms with Crippen LogP contribution < -0.4 is 4.74 Å². The van der Waals surface area contributed by atoms with Crippen LogP contribution in [0.4, 0.5) is 0 Å². The molecule has 3 nitrogen and oxygen atoms in total. The van der Waals surface area contributed by atoms with Crippen molar-refractivity contribution in [3.63, 3.8) is 0 Å². The third-order valence-corrected chi connectivity index (χ3v) is 4.87. The maximum absolute atomic E-state index is 10.8. The minimum atomic E-state index is -0.425. The first-order valence-corrected chi connectivity index (χ1v) is 7.90. The number of para-hydroxylation sites is 1. The molecule has 0 amide bonds. The van der Waals surface area contributed by atoms with E-state index in [1.54, 1.807) is 0 Å². The van der Waals surface area contributed by atoms with Crippen molar-refractivity contribution in [3.8, 4) is 5.75 Å². The second kappa shape index (κ2) is 5.74. The first kappa shape index (κ1) is 13.9. The summed E-state index contributed by atoms with van der Waals surface area (Å²) < 4.78 is 6.03. The number of ether oxygens (including phenoxy) is 1. The zero-order valence-electron chi connectivity index (χ0n) is 12.5. The lowest BCUT2D eigenvalue weighted by molar-refractivity contribution is -0.0249. The number of aliphatic hydroxyl groups is 1. The normalized spacial score (nSPS) is 30.6. The predicted octanol–water partition coefficient (Wildman–Crippen LogP) is 2.92.